The van der Waals surface area contributed by atoms with Gasteiger partial charge >= 0.3 is 0 Å². The van der Waals surface area contributed by atoms with E-state index >= 15 is 0 Å². The summed E-state index contributed by atoms with van der Waals surface area (Å²) in [5, 5.41) is 7.09. The van der Waals surface area contributed by atoms with E-state index in [1.807, 2.05) is 48.7 Å². The molecular weight excluding hydrogens is 268 g/mol. The third kappa shape index (κ3) is 2.56. The fourth-order valence-electron chi connectivity index (χ4n) is 2.08. The van der Waals surface area contributed by atoms with E-state index in [0.717, 1.165) is 21.3 Å². The fourth-order valence-corrected chi connectivity index (χ4v) is 2.86. The number of amides is 1. The van der Waals surface area contributed by atoms with Crippen LogP contribution in [0, 0.1) is 0 Å². The topological polar surface area (TPSA) is 42.0 Å². The zero-order valence-electron chi connectivity index (χ0n) is 11.0. The van der Waals surface area contributed by atoms with Gasteiger partial charge < -0.3 is 5.32 Å². The Kier molecular flexibility index (Phi) is 3.48. The summed E-state index contributed by atoms with van der Waals surface area (Å²) < 4.78 is 0. The van der Waals surface area contributed by atoms with E-state index in [4.69, 9.17) is 0 Å². The number of nitrogens with one attached hydrogen (secondary N) is 1. The van der Waals surface area contributed by atoms with Crippen molar-refractivity contribution in [3.8, 4) is 0 Å². The van der Waals surface area contributed by atoms with Crippen LogP contribution >= 0.6 is 11.3 Å². The number of thiophene rings is 1. The number of hydrogen-bond acceptors (Lipinski definition) is 3. The van der Waals surface area contributed by atoms with Gasteiger partial charge in [0.2, 0.25) is 5.91 Å². The molecule has 0 aliphatic rings. The number of carbonyl (C=O) groups is 1. The van der Waals surface area contributed by atoms with Gasteiger partial charge in [-0.1, -0.05) is 12.1 Å². The number of hydrogen-bond donors (Lipinski definition) is 1. The molecule has 0 spiro atoms. The predicted molar refractivity (Wildman–Crippen MR) is 83.1 cm³/mol. The quantitative estimate of drug-likeness (QED) is 0.787. The van der Waals surface area contributed by atoms with Crippen LogP contribution in [0.3, 0.4) is 0 Å². The van der Waals surface area contributed by atoms with Gasteiger partial charge in [0.15, 0.2) is 0 Å². The van der Waals surface area contributed by atoms with Gasteiger partial charge in [0.05, 0.1) is 5.92 Å². The summed E-state index contributed by atoms with van der Waals surface area (Å²) in [5.74, 6) is -0.129. The zero-order valence-corrected chi connectivity index (χ0v) is 11.9. The molecular formula is C16H14N2OS. The Balaban J connectivity index is 1.80. The molecule has 2 heterocycles. The highest BCUT2D eigenvalue weighted by atomic mass is 32.1. The molecule has 3 rings (SSSR count). The molecule has 0 aliphatic carbocycles. The first-order valence-corrected chi connectivity index (χ1v) is 7.30. The van der Waals surface area contributed by atoms with Crippen molar-refractivity contribution in [3.63, 3.8) is 0 Å². The second kappa shape index (κ2) is 5.43. The molecule has 0 bridgehead atoms. The number of fused-ring (bicyclic) bond motifs is 1. The van der Waals surface area contributed by atoms with Crippen LogP contribution in [-0.2, 0) is 4.79 Å². The standard InChI is InChI=1S/C16H14N2OS/c1-11(15-3-2-8-20-15)16(19)18-14-5-4-12-6-7-17-10-13(12)9-14/h2-11H,1H3,(H,18,19)/t11-/m1/s1. The normalized spacial score (nSPS) is 12.2. The van der Waals surface area contributed by atoms with Gasteiger partial charge in [0, 0.05) is 28.3 Å². The zero-order chi connectivity index (χ0) is 13.9. The number of pyridine rings is 1. The van der Waals surface area contributed by atoms with Crippen LogP contribution < -0.4 is 5.32 Å². The van der Waals surface area contributed by atoms with Crippen molar-refractivity contribution < 1.29 is 4.79 Å². The van der Waals surface area contributed by atoms with Crippen LogP contribution in [0.1, 0.15) is 17.7 Å². The van der Waals surface area contributed by atoms with E-state index in [2.05, 4.69) is 10.3 Å². The van der Waals surface area contributed by atoms with Gasteiger partial charge in [-0.15, -0.1) is 11.3 Å². The molecule has 1 N–H and O–H groups in total. The van der Waals surface area contributed by atoms with Crippen LogP contribution in [0.15, 0.2) is 54.2 Å². The van der Waals surface area contributed by atoms with Crippen LogP contribution in [0.2, 0.25) is 0 Å². The molecule has 2 aromatic heterocycles. The summed E-state index contributed by atoms with van der Waals surface area (Å²) in [7, 11) is 0. The summed E-state index contributed by atoms with van der Waals surface area (Å²) in [6, 6.07) is 11.8. The molecule has 0 radical (unpaired) electrons. The summed E-state index contributed by atoms with van der Waals surface area (Å²) in [4.78, 5) is 17.4. The number of benzene rings is 1. The van der Waals surface area contributed by atoms with Gasteiger partial charge in [-0.3, -0.25) is 9.78 Å². The van der Waals surface area contributed by atoms with Crippen molar-refractivity contribution in [1.82, 2.24) is 4.98 Å². The first-order valence-electron chi connectivity index (χ1n) is 6.42. The van der Waals surface area contributed by atoms with Crippen LogP contribution in [0.5, 0.6) is 0 Å². The summed E-state index contributed by atoms with van der Waals surface area (Å²) in [6.07, 6.45) is 3.56. The molecule has 0 unspecified atom stereocenters. The van der Waals surface area contributed by atoms with Gasteiger partial charge in [-0.05, 0) is 42.0 Å². The van der Waals surface area contributed by atoms with E-state index in [1.165, 1.54) is 0 Å². The molecule has 3 nitrogen and oxygen atoms in total. The molecule has 0 fully saturated rings. The lowest BCUT2D eigenvalue weighted by Gasteiger charge is -2.11. The first kappa shape index (κ1) is 12.8. The Bertz CT molecular complexity index is 737. The minimum atomic E-state index is -0.139. The Morgan fingerprint density at radius 1 is 1.25 bits per heavy atom. The third-order valence-electron chi connectivity index (χ3n) is 3.27. The summed E-state index contributed by atoms with van der Waals surface area (Å²) >= 11 is 1.60. The van der Waals surface area contributed by atoms with E-state index < -0.39 is 0 Å². The Hall–Kier alpha value is -2.20. The van der Waals surface area contributed by atoms with Crippen LogP contribution in [0.25, 0.3) is 10.8 Å². The molecule has 0 saturated heterocycles. The molecule has 100 valence electrons. The van der Waals surface area contributed by atoms with Crippen LogP contribution in [-0.4, -0.2) is 10.9 Å². The predicted octanol–water partition coefficient (Wildman–Crippen LogP) is 4.04. The maximum Gasteiger partial charge on any atom is 0.232 e. The van der Waals surface area contributed by atoms with Crippen molar-refractivity contribution >= 4 is 33.7 Å². The first-order chi connectivity index (χ1) is 9.74. The summed E-state index contributed by atoms with van der Waals surface area (Å²) in [5.41, 5.74) is 0.805. The minimum absolute atomic E-state index is 0.00990. The molecule has 1 amide bonds. The lowest BCUT2D eigenvalue weighted by molar-refractivity contribution is -0.117. The number of carbonyl (C=O) groups excluding carboxylic acids is 1. The van der Waals surface area contributed by atoms with Crippen molar-refractivity contribution in [2.24, 2.45) is 0 Å². The van der Waals surface area contributed by atoms with Crippen molar-refractivity contribution in [2.75, 3.05) is 5.32 Å². The second-order valence-corrected chi connectivity index (χ2v) is 5.64. The SMILES string of the molecule is C[C@@H](C(=O)Nc1ccc2ccncc2c1)c1cccs1. The average molecular weight is 282 g/mol. The van der Waals surface area contributed by atoms with Gasteiger partial charge in [0.1, 0.15) is 0 Å². The van der Waals surface area contributed by atoms with E-state index in [1.54, 1.807) is 23.7 Å². The largest absolute Gasteiger partial charge is 0.326 e. The van der Waals surface area contributed by atoms with Crippen LogP contribution in [0.4, 0.5) is 5.69 Å². The Morgan fingerprint density at radius 3 is 2.95 bits per heavy atom. The van der Waals surface area contributed by atoms with Crippen molar-refractivity contribution in [3.05, 3.63) is 59.0 Å². The highest BCUT2D eigenvalue weighted by Gasteiger charge is 2.16. The second-order valence-electron chi connectivity index (χ2n) is 4.66. The molecule has 0 saturated carbocycles. The number of aromatic nitrogens is 1. The van der Waals surface area contributed by atoms with E-state index in [9.17, 15) is 4.79 Å². The lowest BCUT2D eigenvalue weighted by Crippen LogP contribution is -2.18. The highest BCUT2D eigenvalue weighted by molar-refractivity contribution is 7.10. The number of nitrogens with zero attached hydrogens (tertiary/aromatic N) is 1. The molecule has 1 atom stereocenters. The van der Waals surface area contributed by atoms with E-state index in [0.29, 0.717) is 0 Å². The smallest absolute Gasteiger partial charge is 0.232 e. The average Bonchev–Trinajstić information content (AvgIpc) is 3.00. The molecule has 20 heavy (non-hydrogen) atoms. The minimum Gasteiger partial charge on any atom is -0.326 e. The Labute approximate surface area is 121 Å². The maximum absolute atomic E-state index is 12.2. The fraction of sp³-hybridized carbons (Fsp3) is 0.125. The maximum atomic E-state index is 12.2. The molecule has 0 aliphatic heterocycles. The monoisotopic (exact) mass is 282 g/mol. The van der Waals surface area contributed by atoms with E-state index in [-0.39, 0.29) is 11.8 Å². The summed E-state index contributed by atoms with van der Waals surface area (Å²) in [6.45, 7) is 1.92. The lowest BCUT2D eigenvalue weighted by atomic mass is 10.1. The van der Waals surface area contributed by atoms with Crippen molar-refractivity contribution in [2.45, 2.75) is 12.8 Å². The Morgan fingerprint density at radius 2 is 2.15 bits per heavy atom. The van der Waals surface area contributed by atoms with Crippen molar-refractivity contribution in [1.29, 1.82) is 0 Å². The van der Waals surface area contributed by atoms with Gasteiger partial charge in [0.25, 0.3) is 0 Å². The third-order valence-corrected chi connectivity index (χ3v) is 4.33. The highest BCUT2D eigenvalue weighted by Crippen LogP contribution is 2.23. The van der Waals surface area contributed by atoms with Gasteiger partial charge in [-0.25, -0.2) is 0 Å². The number of rotatable bonds is 3. The molecule has 1 aromatic carbocycles. The van der Waals surface area contributed by atoms with Gasteiger partial charge in [-0.2, -0.15) is 0 Å². The number of anilines is 1. The molecule has 4 heteroatoms. The molecule has 3 aromatic rings.